The Morgan fingerprint density at radius 3 is 2.57 bits per heavy atom. The van der Waals surface area contributed by atoms with Gasteiger partial charge >= 0.3 is 6.18 Å². The minimum absolute atomic E-state index is 0.0674. The third-order valence-corrected chi connectivity index (χ3v) is 3.35. The molecule has 0 aliphatic carbocycles. The van der Waals surface area contributed by atoms with Gasteiger partial charge in [0.2, 0.25) is 0 Å². The van der Waals surface area contributed by atoms with Crippen molar-refractivity contribution < 1.29 is 13.2 Å². The standard InChI is InChI=1S/C15H12F3N3/c16-15(17,18)12-6-5-11(7-10(12)8-19)21-9-20-13-3-1-2-4-14(13)21/h1-7,9H,8,19H2. The van der Waals surface area contributed by atoms with E-state index < -0.39 is 11.7 Å². The lowest BCUT2D eigenvalue weighted by Crippen LogP contribution is -2.12. The number of para-hydroxylation sites is 2. The fourth-order valence-electron chi connectivity index (χ4n) is 2.34. The molecule has 2 aromatic carbocycles. The molecule has 6 heteroatoms. The number of hydrogen-bond donors (Lipinski definition) is 1. The summed E-state index contributed by atoms with van der Waals surface area (Å²) >= 11 is 0. The highest BCUT2D eigenvalue weighted by Crippen LogP contribution is 2.33. The van der Waals surface area contributed by atoms with Crippen LogP contribution in [0.2, 0.25) is 0 Å². The van der Waals surface area contributed by atoms with Gasteiger partial charge in [0.15, 0.2) is 0 Å². The van der Waals surface area contributed by atoms with E-state index in [2.05, 4.69) is 4.98 Å². The fraction of sp³-hybridized carbons (Fsp3) is 0.133. The average molecular weight is 291 g/mol. The van der Waals surface area contributed by atoms with Crippen molar-refractivity contribution in [1.29, 1.82) is 0 Å². The van der Waals surface area contributed by atoms with Crippen LogP contribution in [0.5, 0.6) is 0 Å². The van der Waals surface area contributed by atoms with Crippen LogP contribution >= 0.6 is 0 Å². The van der Waals surface area contributed by atoms with Crippen molar-refractivity contribution >= 4 is 11.0 Å². The number of nitrogens with zero attached hydrogens (tertiary/aromatic N) is 2. The minimum atomic E-state index is -4.40. The molecule has 0 amide bonds. The number of benzene rings is 2. The third-order valence-electron chi connectivity index (χ3n) is 3.35. The van der Waals surface area contributed by atoms with Gasteiger partial charge in [-0.25, -0.2) is 4.98 Å². The van der Waals surface area contributed by atoms with Gasteiger partial charge in [0, 0.05) is 12.2 Å². The second-order valence-corrected chi connectivity index (χ2v) is 4.65. The summed E-state index contributed by atoms with van der Waals surface area (Å²) in [7, 11) is 0. The highest BCUT2D eigenvalue weighted by Gasteiger charge is 2.33. The summed E-state index contributed by atoms with van der Waals surface area (Å²) < 4.78 is 40.4. The predicted octanol–water partition coefficient (Wildman–Crippen LogP) is 3.50. The summed E-state index contributed by atoms with van der Waals surface area (Å²) in [4.78, 5) is 4.23. The Hall–Kier alpha value is -2.34. The van der Waals surface area contributed by atoms with E-state index >= 15 is 0 Å². The molecule has 3 rings (SSSR count). The maximum absolute atomic E-state index is 12.9. The molecule has 0 atom stereocenters. The van der Waals surface area contributed by atoms with Crippen LogP contribution in [-0.2, 0) is 12.7 Å². The summed E-state index contributed by atoms with van der Waals surface area (Å²) in [5, 5.41) is 0. The molecule has 0 spiro atoms. The van der Waals surface area contributed by atoms with Crippen molar-refractivity contribution in [3.8, 4) is 5.69 Å². The van der Waals surface area contributed by atoms with Gasteiger partial charge in [0.1, 0.15) is 6.33 Å². The highest BCUT2D eigenvalue weighted by atomic mass is 19.4. The third kappa shape index (κ3) is 2.38. The molecule has 0 radical (unpaired) electrons. The molecular weight excluding hydrogens is 279 g/mol. The zero-order chi connectivity index (χ0) is 15.0. The van der Waals surface area contributed by atoms with E-state index in [9.17, 15) is 13.2 Å². The number of imidazole rings is 1. The first kappa shape index (κ1) is 13.6. The van der Waals surface area contributed by atoms with Crippen LogP contribution in [-0.4, -0.2) is 9.55 Å². The highest BCUT2D eigenvalue weighted by molar-refractivity contribution is 5.77. The summed E-state index contributed by atoms with van der Waals surface area (Å²) in [5.41, 5.74) is 7.05. The van der Waals surface area contributed by atoms with Gasteiger partial charge in [-0.15, -0.1) is 0 Å². The van der Waals surface area contributed by atoms with Gasteiger partial charge < -0.3 is 5.73 Å². The summed E-state index contributed by atoms with van der Waals surface area (Å²) in [6.07, 6.45) is -2.81. The molecule has 108 valence electrons. The van der Waals surface area contributed by atoms with Gasteiger partial charge in [-0.2, -0.15) is 13.2 Å². The lowest BCUT2D eigenvalue weighted by atomic mass is 10.1. The van der Waals surface area contributed by atoms with Gasteiger partial charge in [-0.1, -0.05) is 12.1 Å². The van der Waals surface area contributed by atoms with Crippen molar-refractivity contribution in [3.05, 3.63) is 59.9 Å². The topological polar surface area (TPSA) is 43.8 Å². The largest absolute Gasteiger partial charge is 0.416 e. The van der Waals surface area contributed by atoms with Crippen molar-refractivity contribution in [2.45, 2.75) is 12.7 Å². The number of rotatable bonds is 2. The van der Waals surface area contributed by atoms with Crippen LogP contribution in [0.4, 0.5) is 13.2 Å². The van der Waals surface area contributed by atoms with E-state index in [1.54, 1.807) is 10.9 Å². The van der Waals surface area contributed by atoms with Crippen LogP contribution in [0.3, 0.4) is 0 Å². The molecule has 1 aromatic heterocycles. The molecule has 0 unspecified atom stereocenters. The zero-order valence-corrected chi connectivity index (χ0v) is 10.9. The molecule has 0 saturated carbocycles. The van der Waals surface area contributed by atoms with Crippen molar-refractivity contribution in [3.63, 3.8) is 0 Å². The van der Waals surface area contributed by atoms with E-state index in [0.717, 1.165) is 17.1 Å². The summed E-state index contributed by atoms with van der Waals surface area (Å²) in [6, 6.07) is 11.4. The van der Waals surface area contributed by atoms with E-state index in [-0.39, 0.29) is 12.1 Å². The normalized spacial score (nSPS) is 12.0. The van der Waals surface area contributed by atoms with Crippen LogP contribution in [0, 0.1) is 0 Å². The molecule has 1 heterocycles. The Morgan fingerprint density at radius 2 is 1.86 bits per heavy atom. The Kier molecular flexibility index (Phi) is 3.17. The SMILES string of the molecule is NCc1cc(-n2cnc3ccccc32)ccc1C(F)(F)F. The molecule has 3 nitrogen and oxygen atoms in total. The molecule has 3 aromatic rings. The predicted molar refractivity (Wildman–Crippen MR) is 74.0 cm³/mol. The molecule has 0 fully saturated rings. The van der Waals surface area contributed by atoms with E-state index in [4.69, 9.17) is 5.73 Å². The molecule has 0 aliphatic heterocycles. The van der Waals surface area contributed by atoms with Crippen molar-refractivity contribution in [1.82, 2.24) is 9.55 Å². The van der Waals surface area contributed by atoms with Crippen molar-refractivity contribution in [2.75, 3.05) is 0 Å². The van der Waals surface area contributed by atoms with Gasteiger partial charge in [-0.05, 0) is 35.9 Å². The van der Waals surface area contributed by atoms with Crippen LogP contribution < -0.4 is 5.73 Å². The number of alkyl halides is 3. The number of aromatic nitrogens is 2. The maximum atomic E-state index is 12.9. The molecule has 21 heavy (non-hydrogen) atoms. The van der Waals surface area contributed by atoms with E-state index in [1.807, 2.05) is 24.3 Å². The molecule has 0 bridgehead atoms. The Balaban J connectivity index is 2.16. The van der Waals surface area contributed by atoms with E-state index in [1.165, 1.54) is 12.1 Å². The smallest absolute Gasteiger partial charge is 0.326 e. The zero-order valence-electron chi connectivity index (χ0n) is 10.9. The minimum Gasteiger partial charge on any atom is -0.326 e. The summed E-state index contributed by atoms with van der Waals surface area (Å²) in [5.74, 6) is 0. The van der Waals surface area contributed by atoms with Crippen molar-refractivity contribution in [2.24, 2.45) is 5.73 Å². The van der Waals surface area contributed by atoms with Crippen LogP contribution in [0.25, 0.3) is 16.7 Å². The lowest BCUT2D eigenvalue weighted by molar-refractivity contribution is -0.138. The second kappa shape index (κ2) is 4.89. The number of fused-ring (bicyclic) bond motifs is 1. The Bertz CT molecular complexity index is 790. The maximum Gasteiger partial charge on any atom is 0.416 e. The first-order valence-corrected chi connectivity index (χ1v) is 6.33. The Labute approximate surface area is 118 Å². The monoisotopic (exact) mass is 291 g/mol. The quantitative estimate of drug-likeness (QED) is 0.785. The van der Waals surface area contributed by atoms with Gasteiger partial charge in [0.25, 0.3) is 0 Å². The average Bonchev–Trinajstić information content (AvgIpc) is 2.89. The summed E-state index contributed by atoms with van der Waals surface area (Å²) in [6.45, 7) is -0.171. The van der Waals surface area contributed by atoms with Gasteiger partial charge in [-0.3, -0.25) is 4.57 Å². The van der Waals surface area contributed by atoms with Crippen LogP contribution in [0.15, 0.2) is 48.8 Å². The van der Waals surface area contributed by atoms with E-state index in [0.29, 0.717) is 5.69 Å². The molecular formula is C15H12F3N3. The van der Waals surface area contributed by atoms with Crippen LogP contribution in [0.1, 0.15) is 11.1 Å². The molecule has 2 N–H and O–H groups in total. The van der Waals surface area contributed by atoms with Gasteiger partial charge in [0.05, 0.1) is 16.6 Å². The number of nitrogens with two attached hydrogens (primary N) is 1. The first-order valence-electron chi connectivity index (χ1n) is 6.33. The fourth-order valence-corrected chi connectivity index (χ4v) is 2.34. The molecule has 0 aliphatic rings. The number of hydrogen-bond acceptors (Lipinski definition) is 2. The second-order valence-electron chi connectivity index (χ2n) is 4.65. The molecule has 0 saturated heterocycles. The first-order chi connectivity index (χ1) is 10.0. The Morgan fingerprint density at radius 1 is 1.10 bits per heavy atom. The number of halogens is 3. The lowest BCUT2D eigenvalue weighted by Gasteiger charge is -2.14.